The zero-order valence-electron chi connectivity index (χ0n) is 9.29. The first-order valence-corrected chi connectivity index (χ1v) is 5.32. The fourth-order valence-electron chi connectivity index (χ4n) is 1.77. The number of nitrogens with two attached hydrogens (primary N) is 1. The van der Waals surface area contributed by atoms with E-state index in [1.165, 1.54) is 0 Å². The third-order valence-corrected chi connectivity index (χ3v) is 2.56. The van der Waals surface area contributed by atoms with E-state index in [1.54, 1.807) is 0 Å². The van der Waals surface area contributed by atoms with Gasteiger partial charge in [0.2, 0.25) is 5.82 Å². The number of carbonyl (C=O) groups excluding carboxylic acids is 1. The van der Waals surface area contributed by atoms with Gasteiger partial charge in [0.15, 0.2) is 0 Å². The smallest absolute Gasteiger partial charge is 0.316 e. The van der Waals surface area contributed by atoms with Crippen molar-refractivity contribution in [2.45, 2.75) is 0 Å². The van der Waals surface area contributed by atoms with Gasteiger partial charge in [-0.05, 0) is 12.1 Å². The molecule has 0 saturated carbocycles. The van der Waals surface area contributed by atoms with Gasteiger partial charge >= 0.3 is 11.8 Å². The third kappa shape index (κ3) is 1.64. The van der Waals surface area contributed by atoms with E-state index in [2.05, 4.69) is 10.1 Å². The van der Waals surface area contributed by atoms with Gasteiger partial charge in [-0.1, -0.05) is 23.4 Å². The SMILES string of the molecule is NC(=O)c1nc(-c2cccc3c2C=CCO3)no1. The Balaban J connectivity index is 2.12. The molecule has 1 aliphatic heterocycles. The monoisotopic (exact) mass is 243 g/mol. The van der Waals surface area contributed by atoms with Crippen LogP contribution in [0.4, 0.5) is 0 Å². The van der Waals surface area contributed by atoms with Crippen molar-refractivity contribution >= 4 is 12.0 Å². The lowest BCUT2D eigenvalue weighted by Gasteiger charge is -2.13. The number of rotatable bonds is 2. The molecule has 2 heterocycles. The van der Waals surface area contributed by atoms with Crippen LogP contribution in [0.2, 0.25) is 0 Å². The maximum absolute atomic E-state index is 10.9. The average molecular weight is 243 g/mol. The highest BCUT2D eigenvalue weighted by Gasteiger charge is 2.17. The van der Waals surface area contributed by atoms with Crippen molar-refractivity contribution in [1.29, 1.82) is 0 Å². The minimum absolute atomic E-state index is 0.205. The summed E-state index contributed by atoms with van der Waals surface area (Å²) >= 11 is 0. The number of hydrogen-bond acceptors (Lipinski definition) is 5. The van der Waals surface area contributed by atoms with E-state index in [1.807, 2.05) is 30.4 Å². The summed E-state index contributed by atoms with van der Waals surface area (Å²) in [6.45, 7) is 0.537. The van der Waals surface area contributed by atoms with E-state index in [0.717, 1.165) is 16.9 Å². The second-order valence-corrected chi connectivity index (χ2v) is 3.72. The van der Waals surface area contributed by atoms with Crippen molar-refractivity contribution < 1.29 is 14.1 Å². The summed E-state index contributed by atoms with van der Waals surface area (Å²) in [5, 5.41) is 3.74. The molecule has 2 aromatic rings. The topological polar surface area (TPSA) is 91.2 Å². The normalized spacial score (nSPS) is 12.9. The fraction of sp³-hybridized carbons (Fsp3) is 0.0833. The Morgan fingerprint density at radius 2 is 2.28 bits per heavy atom. The molecule has 0 atom stereocenters. The highest BCUT2D eigenvalue weighted by molar-refractivity contribution is 5.88. The zero-order valence-corrected chi connectivity index (χ0v) is 9.29. The van der Waals surface area contributed by atoms with Gasteiger partial charge < -0.3 is 15.0 Å². The molecule has 0 bridgehead atoms. The molecule has 0 fully saturated rings. The number of aromatic nitrogens is 2. The molecule has 0 radical (unpaired) electrons. The number of carbonyl (C=O) groups is 1. The molecular formula is C12H9N3O3. The molecule has 0 saturated heterocycles. The first-order valence-electron chi connectivity index (χ1n) is 5.32. The molecule has 1 aliphatic rings. The fourth-order valence-corrected chi connectivity index (χ4v) is 1.77. The molecular weight excluding hydrogens is 234 g/mol. The number of fused-ring (bicyclic) bond motifs is 1. The first kappa shape index (κ1) is 10.5. The van der Waals surface area contributed by atoms with Gasteiger partial charge in [0.1, 0.15) is 12.4 Å². The summed E-state index contributed by atoms with van der Waals surface area (Å²) in [4.78, 5) is 14.9. The molecule has 6 heteroatoms. The third-order valence-electron chi connectivity index (χ3n) is 2.56. The van der Waals surface area contributed by atoms with E-state index in [4.69, 9.17) is 15.0 Å². The highest BCUT2D eigenvalue weighted by Crippen LogP contribution is 2.32. The lowest BCUT2D eigenvalue weighted by atomic mass is 10.0. The lowest BCUT2D eigenvalue weighted by molar-refractivity contribution is 0.0958. The minimum Gasteiger partial charge on any atom is -0.489 e. The van der Waals surface area contributed by atoms with Crippen LogP contribution < -0.4 is 10.5 Å². The van der Waals surface area contributed by atoms with Gasteiger partial charge in [-0.2, -0.15) is 4.98 Å². The quantitative estimate of drug-likeness (QED) is 0.856. The van der Waals surface area contributed by atoms with Crippen LogP contribution in [0.15, 0.2) is 28.8 Å². The summed E-state index contributed by atoms with van der Waals surface area (Å²) in [7, 11) is 0. The van der Waals surface area contributed by atoms with Crippen LogP contribution in [0.25, 0.3) is 17.5 Å². The Hall–Kier alpha value is -2.63. The van der Waals surface area contributed by atoms with Crippen LogP contribution in [-0.2, 0) is 0 Å². The molecule has 0 spiro atoms. The maximum atomic E-state index is 10.9. The summed E-state index contributed by atoms with van der Waals surface area (Å²) in [5.41, 5.74) is 6.67. The van der Waals surface area contributed by atoms with Crippen LogP contribution in [0, 0.1) is 0 Å². The molecule has 1 amide bonds. The van der Waals surface area contributed by atoms with E-state index >= 15 is 0 Å². The molecule has 0 aliphatic carbocycles. The lowest BCUT2D eigenvalue weighted by Crippen LogP contribution is -2.11. The van der Waals surface area contributed by atoms with Crippen molar-refractivity contribution in [3.63, 3.8) is 0 Å². The second kappa shape index (κ2) is 3.99. The van der Waals surface area contributed by atoms with Crippen LogP contribution in [0.1, 0.15) is 16.2 Å². The Kier molecular flexibility index (Phi) is 2.33. The maximum Gasteiger partial charge on any atom is 0.316 e. The molecule has 1 aromatic carbocycles. The average Bonchev–Trinajstić information content (AvgIpc) is 2.87. The van der Waals surface area contributed by atoms with Crippen molar-refractivity contribution in [2.75, 3.05) is 6.61 Å². The standard InChI is InChI=1S/C12H9N3O3/c13-10(16)12-14-11(15-18-12)8-3-1-5-9-7(8)4-2-6-17-9/h1-5H,6H2,(H2,13,16). The van der Waals surface area contributed by atoms with Crippen molar-refractivity contribution in [3.8, 4) is 17.1 Å². The first-order chi connectivity index (χ1) is 8.75. The summed E-state index contributed by atoms with van der Waals surface area (Å²) in [5.74, 6) is 0.116. The molecule has 6 nitrogen and oxygen atoms in total. The Morgan fingerprint density at radius 1 is 1.39 bits per heavy atom. The predicted octanol–water partition coefficient (Wildman–Crippen LogP) is 1.24. The number of hydrogen-bond donors (Lipinski definition) is 1. The van der Waals surface area contributed by atoms with Crippen LogP contribution in [-0.4, -0.2) is 22.7 Å². The predicted molar refractivity (Wildman–Crippen MR) is 62.8 cm³/mol. The summed E-state index contributed by atoms with van der Waals surface area (Å²) in [6, 6.07) is 5.51. The number of ether oxygens (including phenoxy) is 1. The Morgan fingerprint density at radius 3 is 3.06 bits per heavy atom. The summed E-state index contributed by atoms with van der Waals surface area (Å²) < 4.78 is 10.2. The molecule has 3 rings (SSSR count). The second-order valence-electron chi connectivity index (χ2n) is 3.72. The number of nitrogens with zero attached hydrogens (tertiary/aromatic N) is 2. The van der Waals surface area contributed by atoms with E-state index in [9.17, 15) is 4.79 Å². The van der Waals surface area contributed by atoms with Crippen LogP contribution in [0.5, 0.6) is 5.75 Å². The van der Waals surface area contributed by atoms with Crippen molar-refractivity contribution in [1.82, 2.24) is 10.1 Å². The minimum atomic E-state index is -0.745. The van der Waals surface area contributed by atoms with Gasteiger partial charge in [0.25, 0.3) is 0 Å². The largest absolute Gasteiger partial charge is 0.489 e. The van der Waals surface area contributed by atoms with Crippen molar-refractivity contribution in [2.24, 2.45) is 5.73 Å². The van der Waals surface area contributed by atoms with E-state index in [-0.39, 0.29) is 5.89 Å². The van der Waals surface area contributed by atoms with Gasteiger partial charge in [-0.3, -0.25) is 4.79 Å². The number of benzene rings is 1. The molecule has 0 unspecified atom stereocenters. The zero-order chi connectivity index (χ0) is 12.5. The highest BCUT2D eigenvalue weighted by atomic mass is 16.5. The van der Waals surface area contributed by atoms with Crippen LogP contribution in [0.3, 0.4) is 0 Å². The van der Waals surface area contributed by atoms with Gasteiger partial charge in [-0.15, -0.1) is 0 Å². The molecule has 2 N–H and O–H groups in total. The Labute approximate surface area is 102 Å². The summed E-state index contributed by atoms with van der Waals surface area (Å²) in [6.07, 6.45) is 3.81. The van der Waals surface area contributed by atoms with Crippen molar-refractivity contribution in [3.05, 3.63) is 35.7 Å². The number of amides is 1. The van der Waals surface area contributed by atoms with Gasteiger partial charge in [-0.25, -0.2) is 0 Å². The molecule has 90 valence electrons. The van der Waals surface area contributed by atoms with E-state index < -0.39 is 5.91 Å². The van der Waals surface area contributed by atoms with Crippen LogP contribution >= 0.6 is 0 Å². The molecule has 18 heavy (non-hydrogen) atoms. The Bertz CT molecular complexity index is 646. The van der Waals surface area contributed by atoms with Gasteiger partial charge in [0.05, 0.1) is 0 Å². The number of primary amides is 1. The van der Waals surface area contributed by atoms with Gasteiger partial charge in [0, 0.05) is 11.1 Å². The molecule has 1 aromatic heterocycles. The van der Waals surface area contributed by atoms with E-state index in [0.29, 0.717) is 12.4 Å².